The molecular weight excluding hydrogens is 489 g/mol. The number of phosphoric ester groups is 1. The van der Waals surface area contributed by atoms with E-state index < -0.39 is 32.5 Å². The zero-order valence-corrected chi connectivity index (χ0v) is 23.1. The monoisotopic (exact) mass is 537 g/mol. The lowest BCUT2D eigenvalue weighted by Gasteiger charge is -2.18. The largest absolute Gasteiger partial charge is 0.469 e. The average molecular weight is 538 g/mol. The summed E-state index contributed by atoms with van der Waals surface area (Å²) < 4.78 is 25.9. The van der Waals surface area contributed by atoms with Crippen LogP contribution >= 0.6 is 7.82 Å². The molecule has 1 atom stereocenters. The Morgan fingerprint density at radius 3 is 1.78 bits per heavy atom. The van der Waals surface area contributed by atoms with E-state index in [0.29, 0.717) is 19.4 Å². The maximum Gasteiger partial charge on any atom is 0.469 e. The second-order valence-electron chi connectivity index (χ2n) is 9.16. The molecule has 212 valence electrons. The number of unbranched alkanes of at least 4 members (excludes halogenated alkanes) is 12. The Balaban J connectivity index is 4.11. The average Bonchev–Trinajstić information content (AvgIpc) is 2.80. The zero-order chi connectivity index (χ0) is 27.1. The van der Waals surface area contributed by atoms with Crippen LogP contribution in [0.3, 0.4) is 0 Å². The number of carbonyl (C=O) groups is 3. The van der Waals surface area contributed by atoms with Gasteiger partial charge in [-0.15, -0.1) is 0 Å². The number of phosphoric acid groups is 1. The molecule has 0 aromatic carbocycles. The summed E-state index contributed by atoms with van der Waals surface area (Å²) in [4.78, 5) is 52.8. The number of hydrogen-bond donors (Lipinski definition) is 3. The first-order valence-corrected chi connectivity index (χ1v) is 15.0. The Morgan fingerprint density at radius 2 is 1.25 bits per heavy atom. The summed E-state index contributed by atoms with van der Waals surface area (Å²) in [7, 11) is -4.75. The van der Waals surface area contributed by atoms with Crippen LogP contribution in [-0.4, -0.2) is 53.5 Å². The Morgan fingerprint density at radius 1 is 0.750 bits per heavy atom. The third-order valence-corrected chi connectivity index (χ3v) is 6.06. The van der Waals surface area contributed by atoms with Crippen LogP contribution in [0.15, 0.2) is 0 Å². The second-order valence-corrected chi connectivity index (χ2v) is 10.4. The lowest BCUT2D eigenvalue weighted by atomic mass is 10.1. The number of amides is 1. The van der Waals surface area contributed by atoms with Gasteiger partial charge in [0.05, 0.1) is 6.61 Å². The van der Waals surface area contributed by atoms with Crippen LogP contribution in [0.2, 0.25) is 0 Å². The first-order valence-electron chi connectivity index (χ1n) is 13.4. The molecule has 0 rings (SSSR count). The van der Waals surface area contributed by atoms with Gasteiger partial charge in [-0.1, -0.05) is 77.6 Å². The highest BCUT2D eigenvalue weighted by atomic mass is 31.2. The maximum absolute atomic E-state index is 12.2. The predicted molar refractivity (Wildman–Crippen MR) is 137 cm³/mol. The number of ether oxygens (including phenoxy) is 2. The van der Waals surface area contributed by atoms with Crippen LogP contribution in [-0.2, 0) is 32.9 Å². The van der Waals surface area contributed by atoms with E-state index in [1.165, 1.54) is 39.0 Å². The van der Waals surface area contributed by atoms with Gasteiger partial charge in [0.1, 0.15) is 6.61 Å². The first kappa shape index (κ1) is 34.5. The van der Waals surface area contributed by atoms with Crippen molar-refractivity contribution in [1.29, 1.82) is 0 Å². The SMILES string of the molecule is CCCCCCCCCCCC(=O)O[C@H](COC(=O)CCCCCCCNC(C)=O)COP(=O)(O)O. The summed E-state index contributed by atoms with van der Waals surface area (Å²) in [6, 6.07) is 0. The highest BCUT2D eigenvalue weighted by molar-refractivity contribution is 7.46. The van der Waals surface area contributed by atoms with E-state index >= 15 is 0 Å². The predicted octanol–water partition coefficient (Wildman–Crippen LogP) is 4.95. The second kappa shape index (κ2) is 22.7. The molecule has 1 amide bonds. The third kappa shape index (κ3) is 25.6. The van der Waals surface area contributed by atoms with Crippen LogP contribution in [0.5, 0.6) is 0 Å². The van der Waals surface area contributed by atoms with Gasteiger partial charge in [0, 0.05) is 26.3 Å². The van der Waals surface area contributed by atoms with E-state index in [1.54, 1.807) is 0 Å². The molecule has 0 spiro atoms. The fourth-order valence-electron chi connectivity index (χ4n) is 3.57. The van der Waals surface area contributed by atoms with E-state index in [4.69, 9.17) is 19.3 Å². The molecule has 3 N–H and O–H groups in total. The fourth-order valence-corrected chi connectivity index (χ4v) is 3.93. The molecule has 0 aliphatic rings. The van der Waals surface area contributed by atoms with Crippen molar-refractivity contribution in [1.82, 2.24) is 5.32 Å². The van der Waals surface area contributed by atoms with Crippen molar-refractivity contribution in [3.05, 3.63) is 0 Å². The first-order chi connectivity index (χ1) is 17.1. The van der Waals surface area contributed by atoms with Gasteiger partial charge in [-0.3, -0.25) is 18.9 Å². The van der Waals surface area contributed by atoms with Gasteiger partial charge in [-0.2, -0.15) is 0 Å². The Bertz CT molecular complexity index is 639. The molecule has 10 nitrogen and oxygen atoms in total. The van der Waals surface area contributed by atoms with Crippen LogP contribution in [0.1, 0.15) is 117 Å². The molecule has 0 fully saturated rings. The minimum absolute atomic E-state index is 0.0450. The van der Waals surface area contributed by atoms with Crippen molar-refractivity contribution in [2.24, 2.45) is 0 Å². The maximum atomic E-state index is 12.2. The van der Waals surface area contributed by atoms with E-state index in [1.807, 2.05) is 0 Å². The van der Waals surface area contributed by atoms with Crippen molar-refractivity contribution >= 4 is 25.7 Å². The smallest absolute Gasteiger partial charge is 0.462 e. The van der Waals surface area contributed by atoms with Gasteiger partial charge in [0.25, 0.3) is 0 Å². The molecule has 0 unspecified atom stereocenters. The van der Waals surface area contributed by atoms with Crippen molar-refractivity contribution in [3.63, 3.8) is 0 Å². The Kier molecular flexibility index (Phi) is 21.8. The Hall–Kier alpha value is -1.48. The highest BCUT2D eigenvalue weighted by Gasteiger charge is 2.22. The van der Waals surface area contributed by atoms with E-state index in [0.717, 1.165) is 44.9 Å². The highest BCUT2D eigenvalue weighted by Crippen LogP contribution is 2.35. The lowest BCUT2D eigenvalue weighted by Crippen LogP contribution is -2.29. The molecule has 0 aromatic heterocycles. The van der Waals surface area contributed by atoms with Gasteiger partial charge in [-0.05, 0) is 19.3 Å². The van der Waals surface area contributed by atoms with Gasteiger partial charge >= 0.3 is 19.8 Å². The van der Waals surface area contributed by atoms with E-state index in [-0.39, 0.29) is 25.4 Å². The van der Waals surface area contributed by atoms with Gasteiger partial charge < -0.3 is 24.6 Å². The molecule has 36 heavy (non-hydrogen) atoms. The molecular formula is C25H48NO9P. The fraction of sp³-hybridized carbons (Fsp3) is 0.880. The molecule has 0 aliphatic carbocycles. The van der Waals surface area contributed by atoms with Gasteiger partial charge in [0.15, 0.2) is 6.10 Å². The normalized spacial score (nSPS) is 12.2. The summed E-state index contributed by atoms with van der Waals surface area (Å²) >= 11 is 0. The summed E-state index contributed by atoms with van der Waals surface area (Å²) in [5.41, 5.74) is 0. The van der Waals surface area contributed by atoms with Gasteiger partial charge in [-0.25, -0.2) is 4.57 Å². The molecule has 0 bridgehead atoms. The minimum atomic E-state index is -4.75. The lowest BCUT2D eigenvalue weighted by molar-refractivity contribution is -0.161. The standard InChI is InChI=1S/C25H48NO9P/c1-3-4-5-6-7-8-9-11-15-18-25(29)35-23(21-34-36(30,31)32)20-33-24(28)17-14-12-10-13-16-19-26-22(2)27/h23H,3-21H2,1-2H3,(H,26,27)(H2,30,31,32)/t23-/m1/s1. The summed E-state index contributed by atoms with van der Waals surface area (Å²) in [5, 5.41) is 2.73. The molecule has 0 saturated carbocycles. The van der Waals surface area contributed by atoms with Crippen LogP contribution in [0, 0.1) is 0 Å². The summed E-state index contributed by atoms with van der Waals surface area (Å²) in [6.07, 6.45) is 13.6. The number of esters is 2. The van der Waals surface area contributed by atoms with Crippen molar-refractivity contribution in [2.75, 3.05) is 19.8 Å². The van der Waals surface area contributed by atoms with Crippen molar-refractivity contribution < 1.29 is 42.7 Å². The minimum Gasteiger partial charge on any atom is -0.462 e. The quantitative estimate of drug-likeness (QED) is 0.0883. The topological polar surface area (TPSA) is 148 Å². The van der Waals surface area contributed by atoms with E-state index in [2.05, 4.69) is 16.8 Å². The van der Waals surface area contributed by atoms with Crippen LogP contribution < -0.4 is 5.32 Å². The zero-order valence-electron chi connectivity index (χ0n) is 22.2. The van der Waals surface area contributed by atoms with Gasteiger partial charge in [0.2, 0.25) is 5.91 Å². The molecule has 0 radical (unpaired) electrons. The van der Waals surface area contributed by atoms with Crippen molar-refractivity contribution in [2.45, 2.75) is 123 Å². The molecule has 0 saturated heterocycles. The number of rotatable bonds is 24. The number of hydrogen-bond acceptors (Lipinski definition) is 7. The third-order valence-electron chi connectivity index (χ3n) is 5.57. The van der Waals surface area contributed by atoms with Crippen LogP contribution in [0.4, 0.5) is 0 Å². The molecule has 0 aliphatic heterocycles. The summed E-state index contributed by atoms with van der Waals surface area (Å²) in [5.74, 6) is -1.02. The van der Waals surface area contributed by atoms with E-state index in [9.17, 15) is 18.9 Å². The molecule has 11 heteroatoms. The number of nitrogens with one attached hydrogen (secondary N) is 1. The number of carbonyl (C=O) groups excluding carboxylic acids is 3. The van der Waals surface area contributed by atoms with Crippen molar-refractivity contribution in [3.8, 4) is 0 Å². The molecule has 0 heterocycles. The van der Waals surface area contributed by atoms with Crippen LogP contribution in [0.25, 0.3) is 0 Å². The molecule has 0 aromatic rings. The Labute approximate surface area is 216 Å². The summed E-state index contributed by atoms with van der Waals surface area (Å²) in [6.45, 7) is 3.43.